The first-order chi connectivity index (χ1) is 12.9. The quantitative estimate of drug-likeness (QED) is 0.218. The number of hydrogen-bond donors (Lipinski definition) is 2. The van der Waals surface area contributed by atoms with Gasteiger partial charge in [0.15, 0.2) is 0 Å². The van der Waals surface area contributed by atoms with Crippen molar-refractivity contribution in [2.45, 2.75) is 6.42 Å². The highest BCUT2D eigenvalue weighted by molar-refractivity contribution is 6.18. The third-order valence-corrected chi connectivity index (χ3v) is 4.76. The summed E-state index contributed by atoms with van der Waals surface area (Å²) in [5.41, 5.74) is 3.18. The molecule has 4 aromatic rings. The number of halogens is 1. The SMILES string of the molecule is ClCCNCCCNc1c2ccccc2nc2c1ccc1cnccc12. The minimum atomic E-state index is 0.648. The molecule has 0 radical (unpaired) electrons. The van der Waals surface area contributed by atoms with Crippen LogP contribution in [-0.2, 0) is 0 Å². The molecule has 0 spiro atoms. The molecule has 0 saturated heterocycles. The van der Waals surface area contributed by atoms with Crippen LogP contribution in [0.3, 0.4) is 0 Å². The topological polar surface area (TPSA) is 49.8 Å². The zero-order chi connectivity index (χ0) is 17.8. The second-order valence-electron chi connectivity index (χ2n) is 6.28. The highest BCUT2D eigenvalue weighted by Gasteiger charge is 2.11. The van der Waals surface area contributed by atoms with Crippen LogP contribution < -0.4 is 10.6 Å². The summed E-state index contributed by atoms with van der Waals surface area (Å²) in [6.45, 7) is 2.70. The van der Waals surface area contributed by atoms with E-state index in [9.17, 15) is 0 Å². The molecular formula is C21H21ClN4. The standard InChI is InChI=1S/C21H21ClN4/c22-9-13-23-10-3-11-25-20-17-4-1-2-5-19(17)26-21-16-8-12-24-14-15(16)6-7-18(20)21/h1-2,4-8,12,14,23H,3,9-11,13H2,(H,25,26). The third-order valence-electron chi connectivity index (χ3n) is 4.57. The van der Waals surface area contributed by atoms with E-state index in [4.69, 9.17) is 16.6 Å². The van der Waals surface area contributed by atoms with Crippen molar-refractivity contribution in [2.24, 2.45) is 0 Å². The van der Waals surface area contributed by atoms with Gasteiger partial charge in [0, 0.05) is 52.9 Å². The largest absolute Gasteiger partial charge is 0.384 e. The van der Waals surface area contributed by atoms with Gasteiger partial charge in [0.1, 0.15) is 0 Å². The number of nitrogens with one attached hydrogen (secondary N) is 2. The van der Waals surface area contributed by atoms with Crippen LogP contribution in [0.5, 0.6) is 0 Å². The van der Waals surface area contributed by atoms with Crippen LogP contribution in [0.4, 0.5) is 5.69 Å². The number of fused-ring (bicyclic) bond motifs is 4. The summed E-state index contributed by atoms with van der Waals surface area (Å²) in [4.78, 5) is 9.17. The first kappa shape index (κ1) is 17.0. The van der Waals surface area contributed by atoms with E-state index in [0.717, 1.165) is 64.3 Å². The van der Waals surface area contributed by atoms with Gasteiger partial charge in [0.05, 0.1) is 16.7 Å². The average Bonchev–Trinajstić information content (AvgIpc) is 2.69. The Kier molecular flexibility index (Phi) is 5.14. The number of aromatic nitrogens is 2. The van der Waals surface area contributed by atoms with Crippen molar-refractivity contribution in [1.82, 2.24) is 15.3 Å². The van der Waals surface area contributed by atoms with Gasteiger partial charge < -0.3 is 10.6 Å². The molecule has 26 heavy (non-hydrogen) atoms. The van der Waals surface area contributed by atoms with E-state index in [1.54, 1.807) is 0 Å². The van der Waals surface area contributed by atoms with Gasteiger partial charge in [0.2, 0.25) is 0 Å². The molecule has 0 fully saturated rings. The van der Waals surface area contributed by atoms with Gasteiger partial charge in [-0.3, -0.25) is 4.98 Å². The lowest BCUT2D eigenvalue weighted by atomic mass is 10.0. The monoisotopic (exact) mass is 364 g/mol. The summed E-state index contributed by atoms with van der Waals surface area (Å²) in [6.07, 6.45) is 4.75. The van der Waals surface area contributed by atoms with E-state index in [1.165, 1.54) is 0 Å². The maximum atomic E-state index is 5.70. The van der Waals surface area contributed by atoms with Crippen molar-refractivity contribution in [1.29, 1.82) is 0 Å². The maximum Gasteiger partial charge on any atom is 0.0809 e. The van der Waals surface area contributed by atoms with Gasteiger partial charge in [-0.15, -0.1) is 11.6 Å². The van der Waals surface area contributed by atoms with E-state index < -0.39 is 0 Å². The Bertz CT molecular complexity index is 1050. The molecule has 0 bridgehead atoms. The Morgan fingerprint density at radius 3 is 2.73 bits per heavy atom. The molecule has 0 amide bonds. The van der Waals surface area contributed by atoms with Crippen molar-refractivity contribution in [3.8, 4) is 0 Å². The molecule has 0 aliphatic heterocycles. The molecule has 4 nitrogen and oxygen atoms in total. The fourth-order valence-corrected chi connectivity index (χ4v) is 3.47. The predicted molar refractivity (Wildman–Crippen MR) is 111 cm³/mol. The summed E-state index contributed by atoms with van der Waals surface area (Å²) in [7, 11) is 0. The minimum absolute atomic E-state index is 0.648. The number of alkyl halides is 1. The van der Waals surface area contributed by atoms with E-state index in [2.05, 4.69) is 45.9 Å². The Balaban J connectivity index is 1.76. The lowest BCUT2D eigenvalue weighted by Crippen LogP contribution is -2.20. The number of anilines is 1. The lowest BCUT2D eigenvalue weighted by Gasteiger charge is -2.14. The van der Waals surface area contributed by atoms with E-state index in [-0.39, 0.29) is 0 Å². The second kappa shape index (κ2) is 7.85. The average molecular weight is 365 g/mol. The van der Waals surface area contributed by atoms with Crippen LogP contribution in [0, 0.1) is 0 Å². The summed E-state index contributed by atoms with van der Waals surface area (Å²) in [6, 6.07) is 14.6. The van der Waals surface area contributed by atoms with Crippen molar-refractivity contribution in [3.05, 3.63) is 54.9 Å². The third kappa shape index (κ3) is 3.30. The van der Waals surface area contributed by atoms with E-state index in [1.807, 2.05) is 24.5 Å². The molecule has 2 heterocycles. The van der Waals surface area contributed by atoms with Crippen LogP contribution in [0.2, 0.25) is 0 Å². The number of nitrogens with zero attached hydrogens (tertiary/aromatic N) is 2. The number of para-hydroxylation sites is 1. The van der Waals surface area contributed by atoms with Gasteiger partial charge in [-0.25, -0.2) is 4.98 Å². The smallest absolute Gasteiger partial charge is 0.0809 e. The minimum Gasteiger partial charge on any atom is -0.384 e. The maximum absolute atomic E-state index is 5.70. The zero-order valence-corrected chi connectivity index (χ0v) is 15.3. The van der Waals surface area contributed by atoms with Crippen molar-refractivity contribution in [3.63, 3.8) is 0 Å². The highest BCUT2D eigenvalue weighted by atomic mass is 35.5. The van der Waals surface area contributed by atoms with Crippen LogP contribution in [-0.4, -0.2) is 35.5 Å². The fraction of sp³-hybridized carbons (Fsp3) is 0.238. The van der Waals surface area contributed by atoms with Crippen molar-refractivity contribution in [2.75, 3.05) is 30.8 Å². The van der Waals surface area contributed by atoms with Gasteiger partial charge in [-0.1, -0.05) is 30.3 Å². The van der Waals surface area contributed by atoms with Gasteiger partial charge >= 0.3 is 0 Å². The summed E-state index contributed by atoms with van der Waals surface area (Å²) >= 11 is 5.70. The molecular weight excluding hydrogens is 344 g/mol. The number of rotatable bonds is 7. The molecule has 0 atom stereocenters. The summed E-state index contributed by atoms with van der Waals surface area (Å²) < 4.78 is 0. The molecule has 0 aliphatic rings. The molecule has 0 saturated carbocycles. The van der Waals surface area contributed by atoms with E-state index >= 15 is 0 Å². The summed E-state index contributed by atoms with van der Waals surface area (Å²) in [5.74, 6) is 0.648. The van der Waals surface area contributed by atoms with Gasteiger partial charge in [-0.2, -0.15) is 0 Å². The second-order valence-corrected chi connectivity index (χ2v) is 6.66. The number of hydrogen-bond acceptors (Lipinski definition) is 4. The normalized spacial score (nSPS) is 11.4. The number of pyridine rings is 2. The van der Waals surface area contributed by atoms with Crippen LogP contribution in [0.15, 0.2) is 54.9 Å². The van der Waals surface area contributed by atoms with Crippen LogP contribution in [0.25, 0.3) is 32.6 Å². The molecule has 2 aromatic carbocycles. The Morgan fingerprint density at radius 1 is 0.885 bits per heavy atom. The molecule has 5 heteroatoms. The van der Waals surface area contributed by atoms with Crippen LogP contribution >= 0.6 is 11.6 Å². The van der Waals surface area contributed by atoms with Gasteiger partial charge in [-0.05, 0) is 25.1 Å². The first-order valence-corrected chi connectivity index (χ1v) is 9.47. The summed E-state index contributed by atoms with van der Waals surface area (Å²) in [5, 5.41) is 11.5. The zero-order valence-electron chi connectivity index (χ0n) is 14.5. The van der Waals surface area contributed by atoms with E-state index in [0.29, 0.717) is 5.88 Å². The molecule has 4 rings (SSSR count). The Morgan fingerprint density at radius 2 is 1.81 bits per heavy atom. The molecule has 132 valence electrons. The highest BCUT2D eigenvalue weighted by Crippen LogP contribution is 2.34. The van der Waals surface area contributed by atoms with Crippen molar-refractivity contribution >= 4 is 49.9 Å². The Labute approximate surface area is 157 Å². The van der Waals surface area contributed by atoms with Gasteiger partial charge in [0.25, 0.3) is 0 Å². The predicted octanol–water partition coefficient (Wildman–Crippen LogP) is 4.57. The first-order valence-electron chi connectivity index (χ1n) is 8.94. The van der Waals surface area contributed by atoms with Crippen molar-refractivity contribution < 1.29 is 0 Å². The molecule has 0 aliphatic carbocycles. The van der Waals surface area contributed by atoms with Crippen LogP contribution in [0.1, 0.15) is 6.42 Å². The Hall–Kier alpha value is -2.43. The molecule has 2 aromatic heterocycles. The molecule has 2 N–H and O–H groups in total. The number of benzene rings is 2. The fourth-order valence-electron chi connectivity index (χ4n) is 3.33. The lowest BCUT2D eigenvalue weighted by molar-refractivity contribution is 0.691. The molecule has 0 unspecified atom stereocenters.